The third-order valence-electron chi connectivity index (χ3n) is 3.60. The molecule has 2 aromatic carbocycles. The Balaban J connectivity index is 1.76. The van der Waals surface area contributed by atoms with Gasteiger partial charge in [0.25, 0.3) is 5.91 Å². The lowest BCUT2D eigenvalue weighted by Crippen LogP contribution is -2.15. The molecule has 1 heterocycles. The van der Waals surface area contributed by atoms with Crippen LogP contribution in [0.3, 0.4) is 0 Å². The molecule has 3 rings (SSSR count). The fraction of sp³-hybridized carbons (Fsp3) is 0.150. The van der Waals surface area contributed by atoms with Gasteiger partial charge in [0.15, 0.2) is 0 Å². The van der Waals surface area contributed by atoms with E-state index >= 15 is 0 Å². The van der Waals surface area contributed by atoms with Gasteiger partial charge in [0.2, 0.25) is 5.95 Å². The van der Waals surface area contributed by atoms with Crippen molar-refractivity contribution in [3.05, 3.63) is 72.1 Å². The van der Waals surface area contributed by atoms with E-state index in [4.69, 9.17) is 4.74 Å². The number of hydrogen-bond donors (Lipinski definition) is 2. The summed E-state index contributed by atoms with van der Waals surface area (Å²) in [7, 11) is 0. The molecule has 0 unspecified atom stereocenters. The highest BCUT2D eigenvalue weighted by atomic mass is 16.5. The van der Waals surface area contributed by atoms with Crippen molar-refractivity contribution >= 4 is 23.2 Å². The summed E-state index contributed by atoms with van der Waals surface area (Å²) in [5.74, 6) is 0.656. The van der Waals surface area contributed by atoms with E-state index in [-0.39, 0.29) is 11.6 Å². The van der Waals surface area contributed by atoms with E-state index in [1.807, 2.05) is 56.3 Å². The second-order valence-corrected chi connectivity index (χ2v) is 5.64. The fourth-order valence-corrected chi connectivity index (χ4v) is 2.43. The summed E-state index contributed by atoms with van der Waals surface area (Å²) in [6, 6.07) is 16.7. The van der Waals surface area contributed by atoms with E-state index < -0.39 is 0 Å². The summed E-state index contributed by atoms with van der Waals surface area (Å²) in [5, 5.41) is 5.94. The lowest BCUT2D eigenvalue weighted by atomic mass is 10.2. The van der Waals surface area contributed by atoms with Crippen LogP contribution in [0.5, 0.6) is 5.75 Å². The summed E-state index contributed by atoms with van der Waals surface area (Å²) in [6.07, 6.45) is 1.55. The molecule has 1 amide bonds. The smallest absolute Gasteiger partial charge is 0.274 e. The van der Waals surface area contributed by atoms with Crippen LogP contribution in [0.1, 0.15) is 23.0 Å². The van der Waals surface area contributed by atoms with Gasteiger partial charge in [-0.1, -0.05) is 24.3 Å². The Kier molecular flexibility index (Phi) is 5.43. The molecule has 0 aliphatic carbocycles. The molecule has 0 saturated heterocycles. The van der Waals surface area contributed by atoms with Crippen molar-refractivity contribution in [1.29, 1.82) is 0 Å². The minimum Gasteiger partial charge on any atom is -0.492 e. The van der Waals surface area contributed by atoms with Crippen molar-refractivity contribution in [1.82, 2.24) is 9.97 Å². The standard InChI is InChI=1S/C20H20N4O2/c1-3-26-18-10-5-4-9-16(18)23-19(25)17-11-12-21-20(24-17)22-15-8-6-7-14(2)13-15/h4-13H,3H2,1-2H3,(H,23,25)(H,21,22,24). The van der Waals surface area contributed by atoms with Crippen molar-refractivity contribution in [2.24, 2.45) is 0 Å². The molecule has 3 aromatic rings. The average Bonchev–Trinajstić information content (AvgIpc) is 2.64. The Morgan fingerprint density at radius 3 is 2.77 bits per heavy atom. The Hall–Kier alpha value is -3.41. The Morgan fingerprint density at radius 2 is 1.96 bits per heavy atom. The maximum atomic E-state index is 12.5. The van der Waals surface area contributed by atoms with Crippen molar-refractivity contribution in [3.63, 3.8) is 0 Å². The van der Waals surface area contributed by atoms with Crippen molar-refractivity contribution in [2.45, 2.75) is 13.8 Å². The van der Waals surface area contributed by atoms with Gasteiger partial charge in [-0.2, -0.15) is 0 Å². The second-order valence-electron chi connectivity index (χ2n) is 5.64. The van der Waals surface area contributed by atoms with Gasteiger partial charge >= 0.3 is 0 Å². The number of nitrogens with one attached hydrogen (secondary N) is 2. The Morgan fingerprint density at radius 1 is 1.12 bits per heavy atom. The maximum Gasteiger partial charge on any atom is 0.274 e. The van der Waals surface area contributed by atoms with Gasteiger partial charge < -0.3 is 15.4 Å². The monoisotopic (exact) mass is 348 g/mol. The molecular weight excluding hydrogens is 328 g/mol. The molecule has 0 aliphatic heterocycles. The van der Waals surface area contributed by atoms with E-state index in [2.05, 4.69) is 20.6 Å². The zero-order valence-electron chi connectivity index (χ0n) is 14.7. The molecule has 6 heteroatoms. The Bertz CT molecular complexity index is 912. The molecule has 6 nitrogen and oxygen atoms in total. The van der Waals surface area contributed by atoms with Crippen LogP contribution < -0.4 is 15.4 Å². The van der Waals surface area contributed by atoms with E-state index in [9.17, 15) is 4.79 Å². The van der Waals surface area contributed by atoms with Crippen molar-refractivity contribution in [2.75, 3.05) is 17.2 Å². The fourth-order valence-electron chi connectivity index (χ4n) is 2.43. The van der Waals surface area contributed by atoms with Crippen LogP contribution in [0.25, 0.3) is 0 Å². The van der Waals surface area contributed by atoms with Crippen LogP contribution >= 0.6 is 0 Å². The number of amides is 1. The highest BCUT2D eigenvalue weighted by molar-refractivity contribution is 6.03. The largest absolute Gasteiger partial charge is 0.492 e. The number of carbonyl (C=O) groups is 1. The molecule has 0 fully saturated rings. The molecular formula is C20H20N4O2. The molecule has 0 spiro atoms. The van der Waals surface area contributed by atoms with Gasteiger partial charge in [-0.25, -0.2) is 9.97 Å². The number of benzene rings is 2. The molecule has 0 aliphatic rings. The predicted molar refractivity (Wildman–Crippen MR) is 102 cm³/mol. The summed E-state index contributed by atoms with van der Waals surface area (Å²) in [5.41, 5.74) is 2.85. The zero-order valence-corrected chi connectivity index (χ0v) is 14.7. The third-order valence-corrected chi connectivity index (χ3v) is 3.60. The predicted octanol–water partition coefficient (Wildman–Crippen LogP) is 4.18. The highest BCUT2D eigenvalue weighted by Gasteiger charge is 2.12. The van der Waals surface area contributed by atoms with E-state index in [1.165, 1.54) is 0 Å². The van der Waals surface area contributed by atoms with Gasteiger partial charge in [0, 0.05) is 11.9 Å². The van der Waals surface area contributed by atoms with Crippen LogP contribution in [0.15, 0.2) is 60.8 Å². The first-order valence-electron chi connectivity index (χ1n) is 8.35. The quantitative estimate of drug-likeness (QED) is 0.699. The SMILES string of the molecule is CCOc1ccccc1NC(=O)c1ccnc(Nc2cccc(C)c2)n1. The molecule has 2 N–H and O–H groups in total. The molecule has 1 aromatic heterocycles. The summed E-state index contributed by atoms with van der Waals surface area (Å²) >= 11 is 0. The molecule has 0 atom stereocenters. The summed E-state index contributed by atoms with van der Waals surface area (Å²) in [6.45, 7) is 4.42. The lowest BCUT2D eigenvalue weighted by molar-refractivity contribution is 0.102. The van der Waals surface area contributed by atoms with E-state index in [0.29, 0.717) is 24.0 Å². The van der Waals surface area contributed by atoms with Crippen molar-refractivity contribution < 1.29 is 9.53 Å². The average molecular weight is 348 g/mol. The molecule has 0 bridgehead atoms. The third kappa shape index (κ3) is 4.36. The number of hydrogen-bond acceptors (Lipinski definition) is 5. The van der Waals surface area contributed by atoms with E-state index in [1.54, 1.807) is 18.3 Å². The number of anilines is 3. The Labute approximate surface area is 152 Å². The van der Waals surface area contributed by atoms with E-state index in [0.717, 1.165) is 11.3 Å². The van der Waals surface area contributed by atoms with Crippen LogP contribution in [0.4, 0.5) is 17.3 Å². The number of nitrogens with zero attached hydrogens (tertiary/aromatic N) is 2. The van der Waals surface area contributed by atoms with Gasteiger partial charge in [-0.15, -0.1) is 0 Å². The first-order valence-corrected chi connectivity index (χ1v) is 8.35. The number of ether oxygens (including phenoxy) is 1. The normalized spacial score (nSPS) is 10.2. The van der Waals surface area contributed by atoms with Gasteiger partial charge in [0.1, 0.15) is 11.4 Å². The number of carbonyl (C=O) groups excluding carboxylic acids is 1. The topological polar surface area (TPSA) is 76.1 Å². The maximum absolute atomic E-state index is 12.5. The molecule has 0 radical (unpaired) electrons. The summed E-state index contributed by atoms with van der Waals surface area (Å²) in [4.78, 5) is 21.0. The zero-order chi connectivity index (χ0) is 18.4. The lowest BCUT2D eigenvalue weighted by Gasteiger charge is -2.11. The van der Waals surface area contributed by atoms with Gasteiger partial charge in [-0.05, 0) is 49.7 Å². The van der Waals surface area contributed by atoms with Crippen LogP contribution in [0.2, 0.25) is 0 Å². The van der Waals surface area contributed by atoms with Crippen LogP contribution in [0, 0.1) is 6.92 Å². The number of rotatable bonds is 6. The second kappa shape index (κ2) is 8.11. The number of aromatic nitrogens is 2. The first-order chi connectivity index (χ1) is 12.7. The van der Waals surface area contributed by atoms with Crippen LogP contribution in [-0.2, 0) is 0 Å². The first kappa shape index (κ1) is 17.4. The minimum absolute atomic E-state index is 0.265. The minimum atomic E-state index is -0.327. The van der Waals surface area contributed by atoms with Gasteiger partial charge in [-0.3, -0.25) is 4.79 Å². The van der Waals surface area contributed by atoms with Gasteiger partial charge in [0.05, 0.1) is 12.3 Å². The summed E-state index contributed by atoms with van der Waals surface area (Å²) < 4.78 is 5.53. The molecule has 0 saturated carbocycles. The molecule has 26 heavy (non-hydrogen) atoms. The highest BCUT2D eigenvalue weighted by Crippen LogP contribution is 2.24. The van der Waals surface area contributed by atoms with Crippen molar-refractivity contribution in [3.8, 4) is 5.75 Å². The molecule has 132 valence electrons. The number of aryl methyl sites for hydroxylation is 1. The van der Waals surface area contributed by atoms with Crippen LogP contribution in [-0.4, -0.2) is 22.5 Å². The number of para-hydroxylation sites is 2.